The summed E-state index contributed by atoms with van der Waals surface area (Å²) in [5.74, 6) is 2.45. The van der Waals surface area contributed by atoms with E-state index in [1.165, 1.54) is 24.3 Å². The third-order valence-corrected chi connectivity index (χ3v) is 5.07. The molecule has 1 saturated heterocycles. The van der Waals surface area contributed by atoms with Crippen molar-refractivity contribution in [1.82, 2.24) is 15.1 Å². The summed E-state index contributed by atoms with van der Waals surface area (Å²) in [6.45, 7) is 1.40. The fourth-order valence-corrected chi connectivity index (χ4v) is 3.75. The van der Waals surface area contributed by atoms with Gasteiger partial charge in [0.2, 0.25) is 0 Å². The second-order valence-electron chi connectivity index (χ2n) is 5.51. The number of thioether (sulfide) groups is 1. The van der Waals surface area contributed by atoms with Gasteiger partial charge in [-0.05, 0) is 24.7 Å². The lowest BCUT2D eigenvalue weighted by Crippen LogP contribution is -2.37. The zero-order valence-electron chi connectivity index (χ0n) is 12.6. The number of aromatic nitrogens is 2. The van der Waals surface area contributed by atoms with Gasteiger partial charge in [0.25, 0.3) is 5.56 Å². The average molecular weight is 315 g/mol. The van der Waals surface area contributed by atoms with Crippen LogP contribution >= 0.6 is 11.8 Å². The van der Waals surface area contributed by atoms with Crippen molar-refractivity contribution in [2.24, 2.45) is 0 Å². The Morgan fingerprint density at radius 1 is 1.23 bits per heavy atom. The third kappa shape index (κ3) is 3.99. The highest BCUT2D eigenvalue weighted by atomic mass is 32.2. The molecule has 4 nitrogen and oxygen atoms in total. The maximum atomic E-state index is 12.0. The minimum Gasteiger partial charge on any atom is -0.311 e. The number of nitrogens with one attached hydrogen (secondary N) is 1. The van der Waals surface area contributed by atoms with Gasteiger partial charge in [0.05, 0.1) is 12.2 Å². The average Bonchev–Trinajstić information content (AvgIpc) is 2.58. The fraction of sp³-hybridized carbons (Fsp3) is 0.412. The summed E-state index contributed by atoms with van der Waals surface area (Å²) >= 11 is 2.01. The number of hydrogen-bond acceptors (Lipinski definition) is 4. The fourth-order valence-electron chi connectivity index (χ4n) is 2.65. The second-order valence-corrected chi connectivity index (χ2v) is 6.66. The Labute approximate surface area is 134 Å². The van der Waals surface area contributed by atoms with Crippen LogP contribution in [0.25, 0.3) is 11.3 Å². The van der Waals surface area contributed by atoms with Crippen LogP contribution in [0.1, 0.15) is 12.8 Å². The minimum absolute atomic E-state index is 0.0421. The molecule has 5 heteroatoms. The first-order chi connectivity index (χ1) is 10.8. The van der Waals surface area contributed by atoms with E-state index < -0.39 is 0 Å². The molecule has 2 heterocycles. The highest BCUT2D eigenvalue weighted by molar-refractivity contribution is 7.99. The van der Waals surface area contributed by atoms with E-state index in [0.29, 0.717) is 12.6 Å². The molecule has 1 unspecified atom stereocenters. The Morgan fingerprint density at radius 2 is 2.09 bits per heavy atom. The lowest BCUT2D eigenvalue weighted by Gasteiger charge is -2.22. The van der Waals surface area contributed by atoms with Crippen molar-refractivity contribution in [2.75, 3.05) is 18.1 Å². The highest BCUT2D eigenvalue weighted by Crippen LogP contribution is 2.16. The van der Waals surface area contributed by atoms with Crippen molar-refractivity contribution in [3.63, 3.8) is 0 Å². The molecule has 1 aliphatic rings. The van der Waals surface area contributed by atoms with Gasteiger partial charge in [-0.25, -0.2) is 4.68 Å². The summed E-state index contributed by atoms with van der Waals surface area (Å²) in [6, 6.07) is 13.9. The van der Waals surface area contributed by atoms with E-state index in [1.807, 2.05) is 42.1 Å². The van der Waals surface area contributed by atoms with Crippen LogP contribution in [-0.2, 0) is 6.54 Å². The van der Waals surface area contributed by atoms with E-state index in [4.69, 9.17) is 0 Å². The lowest BCUT2D eigenvalue weighted by molar-refractivity contribution is 0.464. The summed E-state index contributed by atoms with van der Waals surface area (Å²) in [5, 5.41) is 8.02. The first kappa shape index (κ1) is 15.3. The van der Waals surface area contributed by atoms with Gasteiger partial charge in [-0.2, -0.15) is 16.9 Å². The van der Waals surface area contributed by atoms with Crippen LogP contribution in [0.2, 0.25) is 0 Å². The molecule has 0 bridgehead atoms. The molecule has 0 amide bonds. The minimum atomic E-state index is -0.0421. The van der Waals surface area contributed by atoms with Gasteiger partial charge in [0.15, 0.2) is 0 Å². The van der Waals surface area contributed by atoms with Crippen LogP contribution in [0.4, 0.5) is 0 Å². The molecule has 1 aromatic carbocycles. The Balaban J connectivity index is 1.64. The van der Waals surface area contributed by atoms with E-state index >= 15 is 0 Å². The normalized spacial score (nSPS) is 18.3. The van der Waals surface area contributed by atoms with Crippen molar-refractivity contribution in [2.45, 2.75) is 25.4 Å². The zero-order valence-corrected chi connectivity index (χ0v) is 13.4. The molecule has 1 N–H and O–H groups in total. The molecule has 1 aromatic heterocycles. The smallest absolute Gasteiger partial charge is 0.266 e. The number of benzene rings is 1. The molecule has 3 rings (SSSR count). The van der Waals surface area contributed by atoms with E-state index in [1.54, 1.807) is 16.8 Å². The molecule has 0 aliphatic carbocycles. The largest absolute Gasteiger partial charge is 0.311 e. The maximum Gasteiger partial charge on any atom is 0.266 e. The molecule has 0 radical (unpaired) electrons. The first-order valence-electron chi connectivity index (χ1n) is 7.78. The van der Waals surface area contributed by atoms with Crippen molar-refractivity contribution < 1.29 is 0 Å². The third-order valence-electron chi connectivity index (χ3n) is 3.85. The number of nitrogens with zero attached hydrogens (tertiary/aromatic N) is 2. The molecule has 1 fully saturated rings. The van der Waals surface area contributed by atoms with Crippen LogP contribution in [0.3, 0.4) is 0 Å². The zero-order chi connectivity index (χ0) is 15.2. The van der Waals surface area contributed by atoms with Gasteiger partial charge in [0.1, 0.15) is 0 Å². The SMILES string of the molecule is O=c1ccc(-c2ccccc2)nn1CCNC1CCCSC1. The molecule has 22 heavy (non-hydrogen) atoms. The topological polar surface area (TPSA) is 46.9 Å². The Morgan fingerprint density at radius 3 is 2.86 bits per heavy atom. The van der Waals surface area contributed by atoms with Crippen LogP contribution in [0.5, 0.6) is 0 Å². The molecule has 1 atom stereocenters. The van der Waals surface area contributed by atoms with E-state index in [2.05, 4.69) is 10.4 Å². The lowest BCUT2D eigenvalue weighted by atomic mass is 10.1. The van der Waals surface area contributed by atoms with Crippen molar-refractivity contribution in [3.05, 3.63) is 52.8 Å². The van der Waals surface area contributed by atoms with E-state index in [0.717, 1.165) is 17.8 Å². The van der Waals surface area contributed by atoms with Crippen LogP contribution in [0, 0.1) is 0 Å². The van der Waals surface area contributed by atoms with Crippen molar-refractivity contribution in [1.29, 1.82) is 0 Å². The van der Waals surface area contributed by atoms with E-state index in [9.17, 15) is 4.79 Å². The highest BCUT2D eigenvalue weighted by Gasteiger charge is 2.12. The van der Waals surface area contributed by atoms with Gasteiger partial charge >= 0.3 is 0 Å². The van der Waals surface area contributed by atoms with E-state index in [-0.39, 0.29) is 5.56 Å². The monoisotopic (exact) mass is 315 g/mol. The summed E-state index contributed by atoms with van der Waals surface area (Å²) in [7, 11) is 0. The quantitative estimate of drug-likeness (QED) is 0.920. The molecule has 2 aromatic rings. The molecule has 0 spiro atoms. The van der Waals surface area contributed by atoms with Crippen LogP contribution in [0.15, 0.2) is 47.3 Å². The maximum absolute atomic E-state index is 12.0. The summed E-state index contributed by atoms with van der Waals surface area (Å²) < 4.78 is 1.56. The van der Waals surface area contributed by atoms with Gasteiger partial charge in [0, 0.05) is 30.0 Å². The summed E-state index contributed by atoms with van der Waals surface area (Å²) in [4.78, 5) is 12.0. The Bertz CT molecular complexity index is 650. The van der Waals surface area contributed by atoms with Gasteiger partial charge in [-0.1, -0.05) is 30.3 Å². The van der Waals surface area contributed by atoms with Gasteiger partial charge in [-0.15, -0.1) is 0 Å². The Hall–Kier alpha value is -1.59. The molecule has 0 saturated carbocycles. The molecule has 1 aliphatic heterocycles. The molecular weight excluding hydrogens is 294 g/mol. The Kier molecular flexibility index (Phi) is 5.29. The predicted molar refractivity (Wildman–Crippen MR) is 92.3 cm³/mol. The predicted octanol–water partition coefficient (Wildman–Crippen LogP) is 2.40. The molecular formula is C17H21N3OS. The standard InChI is InChI=1S/C17H21N3OS/c21-17-9-8-16(14-5-2-1-3-6-14)19-20(17)11-10-18-15-7-4-12-22-13-15/h1-3,5-6,8-9,15,18H,4,7,10-13H2. The summed E-state index contributed by atoms with van der Waals surface area (Å²) in [6.07, 6.45) is 2.52. The summed E-state index contributed by atoms with van der Waals surface area (Å²) in [5.41, 5.74) is 1.83. The van der Waals surface area contributed by atoms with Gasteiger partial charge < -0.3 is 5.32 Å². The number of rotatable bonds is 5. The molecule has 116 valence electrons. The first-order valence-corrected chi connectivity index (χ1v) is 8.93. The van der Waals surface area contributed by atoms with Crippen molar-refractivity contribution in [3.8, 4) is 11.3 Å². The van der Waals surface area contributed by atoms with Crippen molar-refractivity contribution >= 4 is 11.8 Å². The van der Waals surface area contributed by atoms with Crippen LogP contribution < -0.4 is 10.9 Å². The number of hydrogen-bond donors (Lipinski definition) is 1. The van der Waals surface area contributed by atoms with Crippen LogP contribution in [-0.4, -0.2) is 33.9 Å². The second kappa shape index (κ2) is 7.61. The van der Waals surface area contributed by atoms with Gasteiger partial charge in [-0.3, -0.25) is 4.79 Å².